The third-order valence-corrected chi connectivity index (χ3v) is 6.32. The third-order valence-electron chi connectivity index (χ3n) is 5.48. The smallest absolute Gasteiger partial charge is 0.433 e. The molecule has 1 unspecified atom stereocenters. The molecule has 0 saturated carbocycles. The molecule has 0 bridgehead atoms. The van der Waals surface area contributed by atoms with Gasteiger partial charge in [-0.15, -0.1) is 0 Å². The maximum atomic E-state index is 13.9. The van der Waals surface area contributed by atoms with Gasteiger partial charge in [0.2, 0.25) is 12.2 Å². The quantitative estimate of drug-likeness (QED) is 0.166. The van der Waals surface area contributed by atoms with Crippen molar-refractivity contribution in [2.75, 3.05) is 19.1 Å². The predicted octanol–water partition coefficient (Wildman–Crippen LogP) is 6.39. The van der Waals surface area contributed by atoms with Crippen LogP contribution in [-0.4, -0.2) is 36.0 Å². The summed E-state index contributed by atoms with van der Waals surface area (Å²) in [4.78, 5) is 29.2. The first-order valence-electron chi connectivity index (χ1n) is 11.0. The van der Waals surface area contributed by atoms with E-state index in [4.69, 9.17) is 4.74 Å². The fourth-order valence-electron chi connectivity index (χ4n) is 3.64. The van der Waals surface area contributed by atoms with Crippen LogP contribution in [0.25, 0.3) is 0 Å². The summed E-state index contributed by atoms with van der Waals surface area (Å²) < 4.78 is 133. The Morgan fingerprint density at radius 2 is 1.56 bits per heavy atom. The minimum absolute atomic E-state index is 0.0902. The number of halogens is 10. The molecule has 0 aliphatic carbocycles. The average Bonchev–Trinajstić information content (AvgIpc) is 2.87. The molecular formula is C24H17BrF9N3O4. The van der Waals surface area contributed by atoms with E-state index in [0.29, 0.717) is 4.57 Å². The van der Waals surface area contributed by atoms with Gasteiger partial charge in [-0.25, -0.2) is 9.78 Å². The molecule has 222 valence electrons. The summed E-state index contributed by atoms with van der Waals surface area (Å²) in [5.74, 6) is -2.62. The number of ether oxygens (including phenoxy) is 2. The van der Waals surface area contributed by atoms with Gasteiger partial charge in [0.1, 0.15) is 0 Å². The van der Waals surface area contributed by atoms with Crippen molar-refractivity contribution in [3.05, 3.63) is 85.7 Å². The fraction of sp³-hybridized carbons (Fsp3) is 0.292. The highest BCUT2D eigenvalue weighted by Gasteiger charge is 2.43. The molecule has 0 radical (unpaired) electrons. The predicted molar refractivity (Wildman–Crippen MR) is 128 cm³/mol. The minimum Gasteiger partial charge on any atom is -0.466 e. The second-order valence-corrected chi connectivity index (χ2v) is 8.98. The molecule has 0 aliphatic rings. The van der Waals surface area contributed by atoms with E-state index in [1.54, 1.807) is 6.07 Å². The van der Waals surface area contributed by atoms with Crippen molar-refractivity contribution >= 4 is 33.5 Å². The maximum absolute atomic E-state index is 13.9. The summed E-state index contributed by atoms with van der Waals surface area (Å²) in [6.45, 7) is -0.559. The van der Waals surface area contributed by atoms with Gasteiger partial charge >= 0.3 is 24.5 Å². The Kier molecular flexibility index (Phi) is 9.12. The average molecular weight is 662 g/mol. The van der Waals surface area contributed by atoms with Gasteiger partial charge in [-0.1, -0.05) is 30.3 Å². The highest BCUT2D eigenvalue weighted by atomic mass is 79.9. The van der Waals surface area contributed by atoms with E-state index in [-0.39, 0.29) is 28.7 Å². The normalized spacial score (nSPS) is 13.2. The Morgan fingerprint density at radius 3 is 2.05 bits per heavy atom. The molecule has 1 heterocycles. The van der Waals surface area contributed by atoms with Gasteiger partial charge in [-0.3, -0.25) is 14.3 Å². The molecule has 1 atom stereocenters. The number of hydrogen-bond donors (Lipinski definition) is 0. The lowest BCUT2D eigenvalue weighted by Gasteiger charge is -2.33. The monoisotopic (exact) mass is 661 g/mol. The van der Waals surface area contributed by atoms with Crippen molar-refractivity contribution in [3.8, 4) is 0 Å². The highest BCUT2D eigenvalue weighted by Crippen LogP contribution is 2.46. The number of methoxy groups -OCH3 is 2. The van der Waals surface area contributed by atoms with Crippen LogP contribution in [0.15, 0.2) is 57.8 Å². The number of aromatic nitrogens is 2. The zero-order valence-corrected chi connectivity index (χ0v) is 22.2. The SMILES string of the molecule is COC(=O)C(OC)N(c1cc(C(F)(F)F)cc(C(F)(F)F)c1Br)c1nc(C(F)(F)F)cc(=O)n1Cc1ccccc1. The van der Waals surface area contributed by atoms with Gasteiger partial charge in [-0.2, -0.15) is 39.5 Å². The number of anilines is 2. The number of carbonyl (C=O) groups excluding carboxylic acids is 1. The molecule has 0 fully saturated rings. The van der Waals surface area contributed by atoms with Crippen molar-refractivity contribution in [2.45, 2.75) is 31.3 Å². The number of esters is 1. The van der Waals surface area contributed by atoms with E-state index in [1.807, 2.05) is 0 Å². The number of rotatable bonds is 7. The van der Waals surface area contributed by atoms with Crippen LogP contribution in [0.2, 0.25) is 0 Å². The van der Waals surface area contributed by atoms with E-state index in [9.17, 15) is 49.1 Å². The third kappa shape index (κ3) is 7.01. The largest absolute Gasteiger partial charge is 0.466 e. The van der Waals surface area contributed by atoms with E-state index < -0.39 is 75.8 Å². The minimum atomic E-state index is -5.42. The Balaban J connectivity index is 2.54. The summed E-state index contributed by atoms with van der Waals surface area (Å²) >= 11 is 2.58. The first kappa shape index (κ1) is 31.9. The second kappa shape index (κ2) is 11.7. The summed E-state index contributed by atoms with van der Waals surface area (Å²) in [7, 11) is 1.57. The van der Waals surface area contributed by atoms with Crippen molar-refractivity contribution in [3.63, 3.8) is 0 Å². The van der Waals surface area contributed by atoms with Crippen LogP contribution in [0.5, 0.6) is 0 Å². The molecule has 0 aliphatic heterocycles. The lowest BCUT2D eigenvalue weighted by atomic mass is 10.1. The van der Waals surface area contributed by atoms with Crippen LogP contribution in [0.1, 0.15) is 22.4 Å². The molecule has 0 spiro atoms. The summed E-state index contributed by atoms with van der Waals surface area (Å²) in [5.41, 5.74) is -7.88. The summed E-state index contributed by atoms with van der Waals surface area (Å²) in [6, 6.07) is 7.44. The molecule has 0 N–H and O–H groups in total. The molecule has 3 aromatic rings. The molecule has 3 rings (SSSR count). The molecule has 0 saturated heterocycles. The standard InChI is InChI=1S/C24H17BrF9N3O4/c1-40-19(20(39)41-2)37(15-9-13(22(26,27)28)8-14(18(15)25)23(29,30)31)21-35-16(24(32,33)34)10-17(38)36(21)11-12-6-4-3-5-7-12/h3-10,19H,11H2,1-2H3. The molecule has 0 amide bonds. The van der Waals surface area contributed by atoms with Crippen LogP contribution < -0.4 is 10.5 Å². The lowest BCUT2D eigenvalue weighted by Crippen LogP contribution is -2.44. The molecule has 2 aromatic carbocycles. The molecule has 17 heteroatoms. The summed E-state index contributed by atoms with van der Waals surface area (Å²) in [6.07, 6.45) is -18.4. The van der Waals surface area contributed by atoms with Crippen LogP contribution in [0.3, 0.4) is 0 Å². The first-order chi connectivity index (χ1) is 18.9. The zero-order valence-electron chi connectivity index (χ0n) is 20.7. The van der Waals surface area contributed by atoms with Crippen LogP contribution >= 0.6 is 15.9 Å². The zero-order chi connectivity index (χ0) is 30.9. The number of benzene rings is 2. The maximum Gasteiger partial charge on any atom is 0.433 e. The number of nitrogens with zero attached hydrogens (tertiary/aromatic N) is 3. The van der Waals surface area contributed by atoms with Gasteiger partial charge < -0.3 is 9.47 Å². The Hall–Kier alpha value is -3.60. The van der Waals surface area contributed by atoms with E-state index in [2.05, 4.69) is 25.7 Å². The van der Waals surface area contributed by atoms with Gasteiger partial charge in [0, 0.05) is 13.2 Å². The van der Waals surface area contributed by atoms with Crippen molar-refractivity contribution < 1.29 is 53.8 Å². The van der Waals surface area contributed by atoms with Gasteiger partial charge in [0.05, 0.1) is 34.9 Å². The van der Waals surface area contributed by atoms with Gasteiger partial charge in [-0.05, 0) is 33.6 Å². The van der Waals surface area contributed by atoms with E-state index in [1.165, 1.54) is 24.3 Å². The van der Waals surface area contributed by atoms with Crippen molar-refractivity contribution in [1.29, 1.82) is 0 Å². The topological polar surface area (TPSA) is 73.7 Å². The molecule has 41 heavy (non-hydrogen) atoms. The van der Waals surface area contributed by atoms with E-state index >= 15 is 0 Å². The Labute approximate surface area is 233 Å². The van der Waals surface area contributed by atoms with Crippen molar-refractivity contribution in [1.82, 2.24) is 9.55 Å². The van der Waals surface area contributed by atoms with E-state index in [0.717, 1.165) is 14.2 Å². The van der Waals surface area contributed by atoms with Crippen LogP contribution in [0.4, 0.5) is 51.1 Å². The molecular weight excluding hydrogens is 645 g/mol. The second-order valence-electron chi connectivity index (χ2n) is 8.18. The fourth-order valence-corrected chi connectivity index (χ4v) is 4.28. The Bertz CT molecular complexity index is 1470. The van der Waals surface area contributed by atoms with Crippen LogP contribution in [-0.2, 0) is 39.3 Å². The lowest BCUT2D eigenvalue weighted by molar-refractivity contribution is -0.151. The van der Waals surface area contributed by atoms with Crippen LogP contribution in [0, 0.1) is 0 Å². The number of hydrogen-bond acceptors (Lipinski definition) is 6. The molecule has 7 nitrogen and oxygen atoms in total. The summed E-state index contributed by atoms with van der Waals surface area (Å²) in [5, 5.41) is 0. The highest BCUT2D eigenvalue weighted by molar-refractivity contribution is 9.10. The van der Waals surface area contributed by atoms with Crippen molar-refractivity contribution in [2.24, 2.45) is 0 Å². The first-order valence-corrected chi connectivity index (χ1v) is 11.8. The van der Waals surface area contributed by atoms with Gasteiger partial charge in [0.15, 0.2) is 5.69 Å². The Morgan fingerprint density at radius 1 is 0.951 bits per heavy atom. The number of alkyl halides is 9. The number of carbonyl (C=O) groups is 1. The van der Waals surface area contributed by atoms with Gasteiger partial charge in [0.25, 0.3) is 5.56 Å². The molecule has 1 aromatic heterocycles.